The quantitative estimate of drug-likeness (QED) is 0.799. The van der Waals surface area contributed by atoms with E-state index in [0.29, 0.717) is 23.1 Å². The molecule has 2 rings (SSSR count). The molecule has 0 spiro atoms. The molecule has 0 radical (unpaired) electrons. The predicted octanol–water partition coefficient (Wildman–Crippen LogP) is 3.16. The van der Waals surface area contributed by atoms with E-state index in [1.807, 2.05) is 13.0 Å². The second-order valence-corrected chi connectivity index (χ2v) is 3.66. The van der Waals surface area contributed by atoms with Gasteiger partial charge in [0.15, 0.2) is 0 Å². The van der Waals surface area contributed by atoms with Gasteiger partial charge in [-0.3, -0.25) is 0 Å². The lowest BCUT2D eigenvalue weighted by Gasteiger charge is -2.06. The largest absolute Gasteiger partial charge is 0.477 e. The Labute approximate surface area is 98.2 Å². The fourth-order valence-electron chi connectivity index (χ4n) is 1.45. The number of pyridine rings is 1. The molecule has 0 bridgehead atoms. The van der Waals surface area contributed by atoms with Crippen molar-refractivity contribution in [2.45, 2.75) is 6.92 Å². The van der Waals surface area contributed by atoms with Crippen molar-refractivity contribution >= 4 is 22.5 Å². The van der Waals surface area contributed by atoms with Gasteiger partial charge in [-0.2, -0.15) is 5.26 Å². The van der Waals surface area contributed by atoms with Crippen molar-refractivity contribution in [3.05, 3.63) is 34.9 Å². The van der Waals surface area contributed by atoms with Gasteiger partial charge in [0.2, 0.25) is 5.88 Å². The second-order valence-electron chi connectivity index (χ2n) is 3.22. The molecule has 0 N–H and O–H groups in total. The van der Waals surface area contributed by atoms with E-state index in [1.54, 1.807) is 18.2 Å². The Morgan fingerprint density at radius 3 is 2.94 bits per heavy atom. The zero-order valence-electron chi connectivity index (χ0n) is 8.70. The summed E-state index contributed by atoms with van der Waals surface area (Å²) >= 11 is 5.88. The number of hydrogen-bond acceptors (Lipinski definition) is 3. The molecule has 1 aromatic heterocycles. The molecule has 0 amide bonds. The molecule has 0 aliphatic heterocycles. The molecule has 0 saturated heterocycles. The van der Waals surface area contributed by atoms with E-state index in [9.17, 15) is 0 Å². The molecule has 3 nitrogen and oxygen atoms in total. The van der Waals surface area contributed by atoms with Gasteiger partial charge in [0, 0.05) is 10.4 Å². The van der Waals surface area contributed by atoms with Crippen LogP contribution in [0, 0.1) is 11.3 Å². The van der Waals surface area contributed by atoms with E-state index < -0.39 is 0 Å². The van der Waals surface area contributed by atoms with Crippen LogP contribution in [0.2, 0.25) is 5.02 Å². The van der Waals surface area contributed by atoms with Crippen LogP contribution in [0.5, 0.6) is 5.88 Å². The van der Waals surface area contributed by atoms with Crippen molar-refractivity contribution in [1.82, 2.24) is 4.98 Å². The van der Waals surface area contributed by atoms with Crippen LogP contribution in [0.1, 0.15) is 12.5 Å². The zero-order valence-corrected chi connectivity index (χ0v) is 9.45. The van der Waals surface area contributed by atoms with Gasteiger partial charge in [-0.15, -0.1) is 0 Å². The van der Waals surface area contributed by atoms with Crippen LogP contribution < -0.4 is 4.74 Å². The lowest BCUT2D eigenvalue weighted by atomic mass is 10.1. The molecular weight excluding hydrogens is 224 g/mol. The number of ether oxygens (including phenoxy) is 1. The molecule has 0 aliphatic rings. The highest BCUT2D eigenvalue weighted by Crippen LogP contribution is 2.24. The van der Waals surface area contributed by atoms with Gasteiger partial charge >= 0.3 is 0 Å². The van der Waals surface area contributed by atoms with E-state index in [1.165, 1.54) is 0 Å². The summed E-state index contributed by atoms with van der Waals surface area (Å²) in [5.41, 5.74) is 1.17. The lowest BCUT2D eigenvalue weighted by molar-refractivity contribution is 0.327. The minimum atomic E-state index is 0.361. The predicted molar refractivity (Wildman–Crippen MR) is 62.6 cm³/mol. The fourth-order valence-corrected chi connectivity index (χ4v) is 1.62. The maximum atomic E-state index is 8.96. The third kappa shape index (κ3) is 1.93. The molecule has 80 valence electrons. The molecular formula is C12H9ClN2O. The molecule has 0 atom stereocenters. The van der Waals surface area contributed by atoms with Gasteiger partial charge in [0.05, 0.1) is 12.1 Å². The fraction of sp³-hybridized carbons (Fsp3) is 0.167. The molecule has 2 aromatic rings. The van der Waals surface area contributed by atoms with Gasteiger partial charge in [0.1, 0.15) is 11.6 Å². The lowest BCUT2D eigenvalue weighted by Crippen LogP contribution is -1.97. The van der Waals surface area contributed by atoms with Crippen molar-refractivity contribution in [2.24, 2.45) is 0 Å². The zero-order chi connectivity index (χ0) is 11.5. The van der Waals surface area contributed by atoms with Crippen LogP contribution in [-0.2, 0) is 0 Å². The molecule has 1 aromatic carbocycles. The first-order chi connectivity index (χ1) is 7.74. The van der Waals surface area contributed by atoms with Crippen molar-refractivity contribution in [2.75, 3.05) is 6.61 Å². The van der Waals surface area contributed by atoms with Gasteiger partial charge in [-0.25, -0.2) is 4.98 Å². The van der Waals surface area contributed by atoms with Crippen LogP contribution >= 0.6 is 11.6 Å². The Bertz CT molecular complexity index is 575. The highest BCUT2D eigenvalue weighted by molar-refractivity contribution is 6.31. The minimum absolute atomic E-state index is 0.361. The third-order valence-corrected chi connectivity index (χ3v) is 2.38. The summed E-state index contributed by atoms with van der Waals surface area (Å²) in [6, 6.07) is 9.18. The first kappa shape index (κ1) is 10.7. The third-order valence-electron chi connectivity index (χ3n) is 2.15. The van der Waals surface area contributed by atoms with Crippen LogP contribution in [0.4, 0.5) is 0 Å². The average molecular weight is 233 g/mol. The van der Waals surface area contributed by atoms with E-state index in [-0.39, 0.29) is 0 Å². The highest BCUT2D eigenvalue weighted by atomic mass is 35.5. The average Bonchev–Trinajstić information content (AvgIpc) is 2.28. The van der Waals surface area contributed by atoms with Crippen molar-refractivity contribution in [3.8, 4) is 11.9 Å². The number of halogens is 1. The molecule has 16 heavy (non-hydrogen) atoms. The van der Waals surface area contributed by atoms with E-state index >= 15 is 0 Å². The minimum Gasteiger partial charge on any atom is -0.477 e. The van der Waals surface area contributed by atoms with Crippen LogP contribution in [-0.4, -0.2) is 11.6 Å². The first-order valence-corrected chi connectivity index (χ1v) is 5.25. The number of hydrogen-bond donors (Lipinski definition) is 0. The summed E-state index contributed by atoms with van der Waals surface area (Å²) in [5.74, 6) is 0.361. The Kier molecular flexibility index (Phi) is 2.93. The molecule has 0 saturated carbocycles. The summed E-state index contributed by atoms with van der Waals surface area (Å²) in [5, 5.41) is 10.5. The summed E-state index contributed by atoms with van der Waals surface area (Å²) < 4.78 is 5.30. The van der Waals surface area contributed by atoms with Crippen molar-refractivity contribution < 1.29 is 4.74 Å². The normalized spacial score (nSPS) is 10.1. The molecule has 0 aliphatic carbocycles. The maximum Gasteiger partial charge on any atom is 0.232 e. The molecule has 1 heterocycles. The number of fused-ring (bicyclic) bond motifs is 1. The van der Waals surface area contributed by atoms with Gasteiger partial charge < -0.3 is 4.74 Å². The van der Waals surface area contributed by atoms with Crippen molar-refractivity contribution in [3.63, 3.8) is 0 Å². The Morgan fingerprint density at radius 2 is 2.25 bits per heavy atom. The maximum absolute atomic E-state index is 8.96. The Morgan fingerprint density at radius 1 is 1.44 bits per heavy atom. The van der Waals surface area contributed by atoms with E-state index in [4.69, 9.17) is 21.6 Å². The summed E-state index contributed by atoms with van der Waals surface area (Å²) in [4.78, 5) is 4.27. The number of aromatic nitrogens is 1. The highest BCUT2D eigenvalue weighted by Gasteiger charge is 2.07. The smallest absolute Gasteiger partial charge is 0.232 e. The summed E-state index contributed by atoms with van der Waals surface area (Å²) in [7, 11) is 0. The Hall–Kier alpha value is -1.79. The van der Waals surface area contributed by atoms with Gasteiger partial charge in [0.25, 0.3) is 0 Å². The molecule has 4 heteroatoms. The van der Waals surface area contributed by atoms with Crippen LogP contribution in [0.15, 0.2) is 24.3 Å². The molecule has 0 unspecified atom stereocenters. The number of nitriles is 1. The van der Waals surface area contributed by atoms with Crippen molar-refractivity contribution in [1.29, 1.82) is 5.26 Å². The second kappa shape index (κ2) is 4.38. The Balaban J connectivity index is 2.66. The summed E-state index contributed by atoms with van der Waals surface area (Å²) in [6.07, 6.45) is 0. The van der Waals surface area contributed by atoms with Crippen LogP contribution in [0.25, 0.3) is 10.9 Å². The molecule has 0 fully saturated rings. The monoisotopic (exact) mass is 232 g/mol. The summed E-state index contributed by atoms with van der Waals surface area (Å²) in [6.45, 7) is 2.33. The standard InChI is InChI=1S/C12H9ClN2O/c1-2-16-12-9(7-14)5-8-3-4-10(13)6-11(8)15-12/h3-6H,2H2,1H3. The number of rotatable bonds is 2. The van der Waals surface area contributed by atoms with E-state index in [2.05, 4.69) is 11.1 Å². The van der Waals surface area contributed by atoms with Gasteiger partial charge in [-0.1, -0.05) is 17.7 Å². The topological polar surface area (TPSA) is 45.9 Å². The van der Waals surface area contributed by atoms with E-state index in [0.717, 1.165) is 10.9 Å². The van der Waals surface area contributed by atoms with Crippen LogP contribution in [0.3, 0.4) is 0 Å². The number of nitrogens with zero attached hydrogens (tertiary/aromatic N) is 2. The first-order valence-electron chi connectivity index (χ1n) is 4.88. The SMILES string of the molecule is CCOc1nc2cc(Cl)ccc2cc1C#N. The number of benzene rings is 1. The van der Waals surface area contributed by atoms with Gasteiger partial charge in [-0.05, 0) is 25.1 Å².